The van der Waals surface area contributed by atoms with Gasteiger partial charge >= 0.3 is 0 Å². The zero-order chi connectivity index (χ0) is 15.8. The summed E-state index contributed by atoms with van der Waals surface area (Å²) in [5.74, 6) is 0.819. The SMILES string of the molecule is Cc1cc(CN)cc(S(=O)(=O)N2CCSC(C)(C)C2)c1Br. The third-order valence-electron chi connectivity index (χ3n) is 3.53. The van der Waals surface area contributed by atoms with E-state index in [1.54, 1.807) is 10.4 Å². The molecular weight excluding hydrogens is 372 g/mol. The Labute approximate surface area is 139 Å². The highest BCUT2D eigenvalue weighted by Crippen LogP contribution is 2.35. The average Bonchev–Trinajstić information content (AvgIpc) is 2.40. The summed E-state index contributed by atoms with van der Waals surface area (Å²) < 4.78 is 28.1. The minimum absolute atomic E-state index is 0.0572. The zero-order valence-electron chi connectivity index (χ0n) is 12.5. The topological polar surface area (TPSA) is 63.4 Å². The molecule has 0 unspecified atom stereocenters. The van der Waals surface area contributed by atoms with Crippen LogP contribution in [-0.2, 0) is 16.6 Å². The van der Waals surface area contributed by atoms with Crippen molar-refractivity contribution >= 4 is 37.7 Å². The van der Waals surface area contributed by atoms with E-state index in [0.29, 0.717) is 29.0 Å². The summed E-state index contributed by atoms with van der Waals surface area (Å²) in [5.41, 5.74) is 7.40. The van der Waals surface area contributed by atoms with E-state index in [0.717, 1.165) is 16.9 Å². The quantitative estimate of drug-likeness (QED) is 0.858. The standard InChI is InChI=1S/C14H21BrN2O2S2/c1-10-6-11(8-16)7-12(13(10)15)21(18,19)17-4-5-20-14(2,3)9-17/h6-7H,4-5,8-9,16H2,1-3H3. The number of hydrogen-bond donors (Lipinski definition) is 1. The molecule has 0 aromatic heterocycles. The predicted molar refractivity (Wildman–Crippen MR) is 92.1 cm³/mol. The van der Waals surface area contributed by atoms with Gasteiger partial charge in [0.05, 0.1) is 4.90 Å². The van der Waals surface area contributed by atoms with Crippen molar-refractivity contribution in [3.63, 3.8) is 0 Å². The molecular formula is C14H21BrN2O2S2. The Bertz CT molecular complexity index is 645. The van der Waals surface area contributed by atoms with Crippen LogP contribution in [0.3, 0.4) is 0 Å². The van der Waals surface area contributed by atoms with E-state index < -0.39 is 10.0 Å². The second-order valence-electron chi connectivity index (χ2n) is 5.88. The van der Waals surface area contributed by atoms with E-state index in [-0.39, 0.29) is 4.75 Å². The van der Waals surface area contributed by atoms with Crippen LogP contribution in [0.15, 0.2) is 21.5 Å². The second-order valence-corrected chi connectivity index (χ2v) is 10.4. The van der Waals surface area contributed by atoms with E-state index in [1.165, 1.54) is 0 Å². The lowest BCUT2D eigenvalue weighted by Crippen LogP contribution is -2.46. The molecule has 118 valence electrons. The molecule has 1 fully saturated rings. The molecule has 21 heavy (non-hydrogen) atoms. The monoisotopic (exact) mass is 392 g/mol. The predicted octanol–water partition coefficient (Wildman–Crippen LogP) is 2.73. The van der Waals surface area contributed by atoms with Crippen LogP contribution in [0.5, 0.6) is 0 Å². The first-order valence-corrected chi connectivity index (χ1v) is 10.0. The van der Waals surface area contributed by atoms with Gasteiger partial charge in [-0.2, -0.15) is 16.1 Å². The molecule has 7 heteroatoms. The van der Waals surface area contributed by atoms with Crippen LogP contribution in [0.4, 0.5) is 0 Å². The summed E-state index contributed by atoms with van der Waals surface area (Å²) in [4.78, 5) is 0.325. The fourth-order valence-electron chi connectivity index (χ4n) is 2.43. The number of nitrogens with zero attached hydrogens (tertiary/aromatic N) is 1. The number of hydrogen-bond acceptors (Lipinski definition) is 4. The summed E-state index contributed by atoms with van der Waals surface area (Å²) in [6.45, 7) is 7.45. The maximum atomic E-state index is 13.0. The van der Waals surface area contributed by atoms with Crippen molar-refractivity contribution in [2.45, 2.75) is 37.0 Å². The Morgan fingerprint density at radius 3 is 2.67 bits per heavy atom. The van der Waals surface area contributed by atoms with Gasteiger partial charge in [0, 0.05) is 34.6 Å². The number of nitrogens with two attached hydrogens (primary N) is 1. The van der Waals surface area contributed by atoms with Crippen LogP contribution in [0.25, 0.3) is 0 Å². The summed E-state index contributed by atoms with van der Waals surface area (Å²) in [6.07, 6.45) is 0. The van der Waals surface area contributed by atoms with Crippen molar-refractivity contribution in [3.8, 4) is 0 Å². The molecule has 1 heterocycles. The highest BCUT2D eigenvalue weighted by atomic mass is 79.9. The lowest BCUT2D eigenvalue weighted by molar-refractivity contribution is 0.387. The Morgan fingerprint density at radius 1 is 1.43 bits per heavy atom. The Morgan fingerprint density at radius 2 is 2.10 bits per heavy atom. The number of rotatable bonds is 3. The van der Waals surface area contributed by atoms with Crippen molar-refractivity contribution in [1.82, 2.24) is 4.31 Å². The van der Waals surface area contributed by atoms with Crippen molar-refractivity contribution in [2.75, 3.05) is 18.8 Å². The van der Waals surface area contributed by atoms with Gasteiger partial charge in [0.1, 0.15) is 0 Å². The van der Waals surface area contributed by atoms with Crippen LogP contribution in [0.1, 0.15) is 25.0 Å². The molecule has 4 nitrogen and oxygen atoms in total. The lowest BCUT2D eigenvalue weighted by Gasteiger charge is -2.36. The average molecular weight is 393 g/mol. The fourth-order valence-corrected chi connectivity index (χ4v) is 6.37. The van der Waals surface area contributed by atoms with Gasteiger partial charge in [-0.1, -0.05) is 6.07 Å². The first-order valence-electron chi connectivity index (χ1n) is 6.80. The molecule has 0 spiro atoms. The Kier molecular flexibility index (Phi) is 5.10. The maximum Gasteiger partial charge on any atom is 0.244 e. The molecule has 1 aromatic rings. The van der Waals surface area contributed by atoms with Crippen molar-refractivity contribution in [1.29, 1.82) is 0 Å². The van der Waals surface area contributed by atoms with E-state index >= 15 is 0 Å². The first kappa shape index (κ1) is 17.3. The molecule has 0 atom stereocenters. The molecule has 1 aliphatic rings. The number of thioether (sulfide) groups is 1. The van der Waals surface area contributed by atoms with Crippen molar-refractivity contribution < 1.29 is 8.42 Å². The Hall–Kier alpha value is -0.0800. The van der Waals surface area contributed by atoms with Crippen LogP contribution in [0, 0.1) is 6.92 Å². The molecule has 1 aliphatic heterocycles. The molecule has 0 radical (unpaired) electrons. The van der Waals surface area contributed by atoms with Gasteiger partial charge < -0.3 is 5.73 Å². The molecule has 1 aromatic carbocycles. The number of halogens is 1. The van der Waals surface area contributed by atoms with Crippen LogP contribution < -0.4 is 5.73 Å². The van der Waals surface area contributed by atoms with Crippen LogP contribution in [0.2, 0.25) is 0 Å². The largest absolute Gasteiger partial charge is 0.326 e. The number of aryl methyl sites for hydroxylation is 1. The highest BCUT2D eigenvalue weighted by Gasteiger charge is 2.35. The zero-order valence-corrected chi connectivity index (χ0v) is 15.7. The first-order chi connectivity index (χ1) is 9.67. The molecule has 0 amide bonds. The summed E-state index contributed by atoms with van der Waals surface area (Å²) >= 11 is 5.24. The van der Waals surface area contributed by atoms with Gasteiger partial charge in [0.15, 0.2) is 0 Å². The van der Waals surface area contributed by atoms with E-state index in [1.807, 2.05) is 24.8 Å². The van der Waals surface area contributed by atoms with E-state index in [4.69, 9.17) is 5.73 Å². The van der Waals surface area contributed by atoms with Crippen molar-refractivity contribution in [3.05, 3.63) is 27.7 Å². The van der Waals surface area contributed by atoms with Gasteiger partial charge in [0.25, 0.3) is 0 Å². The molecule has 2 rings (SSSR count). The second kappa shape index (κ2) is 6.20. The van der Waals surface area contributed by atoms with Gasteiger partial charge in [-0.15, -0.1) is 0 Å². The van der Waals surface area contributed by atoms with Gasteiger partial charge in [-0.05, 0) is 53.9 Å². The molecule has 0 saturated carbocycles. The summed E-state index contributed by atoms with van der Waals surface area (Å²) in [5, 5.41) is 0. The van der Waals surface area contributed by atoms with E-state index in [9.17, 15) is 8.42 Å². The van der Waals surface area contributed by atoms with Crippen LogP contribution in [-0.4, -0.2) is 36.3 Å². The fraction of sp³-hybridized carbons (Fsp3) is 0.571. The third-order valence-corrected chi connectivity index (χ3v) is 8.01. The minimum atomic E-state index is -3.50. The van der Waals surface area contributed by atoms with Gasteiger partial charge in [-0.25, -0.2) is 8.42 Å². The molecule has 0 aliphatic carbocycles. The Balaban J connectivity index is 2.47. The highest BCUT2D eigenvalue weighted by molar-refractivity contribution is 9.10. The van der Waals surface area contributed by atoms with Gasteiger partial charge in [-0.3, -0.25) is 0 Å². The third kappa shape index (κ3) is 3.64. The molecule has 2 N–H and O–H groups in total. The maximum absolute atomic E-state index is 13.0. The van der Waals surface area contributed by atoms with Gasteiger partial charge in [0.2, 0.25) is 10.0 Å². The minimum Gasteiger partial charge on any atom is -0.326 e. The summed E-state index contributed by atoms with van der Waals surface area (Å²) in [6, 6.07) is 3.60. The smallest absolute Gasteiger partial charge is 0.244 e. The summed E-state index contributed by atoms with van der Waals surface area (Å²) in [7, 11) is -3.50. The molecule has 0 bridgehead atoms. The normalized spacial score (nSPS) is 19.7. The molecule has 1 saturated heterocycles. The lowest BCUT2D eigenvalue weighted by atomic mass is 10.1. The number of benzene rings is 1. The number of sulfonamides is 1. The van der Waals surface area contributed by atoms with E-state index in [2.05, 4.69) is 29.8 Å². The van der Waals surface area contributed by atoms with Crippen molar-refractivity contribution in [2.24, 2.45) is 5.73 Å². The van der Waals surface area contributed by atoms with Crippen LogP contribution >= 0.6 is 27.7 Å².